The van der Waals surface area contributed by atoms with Crippen LogP contribution in [0.5, 0.6) is 0 Å². The summed E-state index contributed by atoms with van der Waals surface area (Å²) in [4.78, 5) is 33.0. The second kappa shape index (κ2) is 10.2. The van der Waals surface area contributed by atoms with E-state index in [0.717, 1.165) is 31.2 Å². The van der Waals surface area contributed by atoms with Crippen molar-refractivity contribution in [2.45, 2.75) is 56.9 Å². The highest BCUT2D eigenvalue weighted by atomic mass is 16.5. The smallest absolute Gasteiger partial charge is 0.289 e. The number of fused-ring (bicyclic) bond motifs is 1. The first-order chi connectivity index (χ1) is 16.7. The molecule has 5 rings (SSSR count). The third-order valence-corrected chi connectivity index (χ3v) is 6.92. The Kier molecular flexibility index (Phi) is 6.74. The monoisotopic (exact) mass is 462 g/mol. The summed E-state index contributed by atoms with van der Waals surface area (Å²) in [5.41, 5.74) is 1.11. The number of nitrogens with one attached hydrogen (secondary N) is 1. The molecule has 1 saturated carbocycles. The molecule has 1 aromatic carbocycles. The average molecular weight is 463 g/mol. The van der Waals surface area contributed by atoms with E-state index in [1.54, 1.807) is 12.1 Å². The Bertz CT molecular complexity index is 1100. The topological polar surface area (TPSA) is 101 Å². The summed E-state index contributed by atoms with van der Waals surface area (Å²) in [6.45, 7) is 1.27. The van der Waals surface area contributed by atoms with Gasteiger partial charge in [-0.2, -0.15) is 4.98 Å². The molecule has 0 radical (unpaired) electrons. The third kappa shape index (κ3) is 4.90. The second-order valence-electron chi connectivity index (χ2n) is 9.23. The normalized spacial score (nSPS) is 23.7. The van der Waals surface area contributed by atoms with Crippen LogP contribution in [-0.2, 0) is 11.2 Å². The highest BCUT2D eigenvalue weighted by Gasteiger charge is 2.46. The summed E-state index contributed by atoms with van der Waals surface area (Å²) in [5.74, 6) is 0.908. The fourth-order valence-corrected chi connectivity index (χ4v) is 5.19. The van der Waals surface area contributed by atoms with Gasteiger partial charge in [-0.1, -0.05) is 48.3 Å². The Morgan fingerprint density at radius 1 is 1.06 bits per heavy atom. The minimum Gasteiger partial charge on any atom is -0.459 e. The Labute approximate surface area is 198 Å². The number of hydrogen-bond donors (Lipinski definition) is 1. The zero-order valence-electron chi connectivity index (χ0n) is 19.2. The van der Waals surface area contributed by atoms with E-state index in [-0.39, 0.29) is 29.7 Å². The van der Waals surface area contributed by atoms with Crippen molar-refractivity contribution in [1.29, 1.82) is 0 Å². The van der Waals surface area contributed by atoms with Crippen molar-refractivity contribution in [2.24, 2.45) is 5.92 Å². The zero-order valence-corrected chi connectivity index (χ0v) is 19.2. The quantitative estimate of drug-likeness (QED) is 0.630. The van der Waals surface area contributed by atoms with Crippen molar-refractivity contribution in [3.63, 3.8) is 0 Å². The van der Waals surface area contributed by atoms with Crippen LogP contribution in [0.4, 0.5) is 0 Å². The van der Waals surface area contributed by atoms with E-state index in [4.69, 9.17) is 8.94 Å². The van der Waals surface area contributed by atoms with E-state index in [2.05, 4.69) is 15.5 Å². The summed E-state index contributed by atoms with van der Waals surface area (Å²) < 4.78 is 11.1. The van der Waals surface area contributed by atoms with Crippen LogP contribution in [0.1, 0.15) is 72.3 Å². The molecular formula is C26H30N4O4. The molecule has 8 heteroatoms. The molecular weight excluding hydrogens is 432 g/mol. The molecule has 3 unspecified atom stereocenters. The lowest BCUT2D eigenvalue weighted by atomic mass is 10.00. The van der Waals surface area contributed by atoms with Crippen molar-refractivity contribution in [2.75, 3.05) is 13.1 Å². The van der Waals surface area contributed by atoms with E-state index in [9.17, 15) is 9.59 Å². The summed E-state index contributed by atoms with van der Waals surface area (Å²) in [5, 5.41) is 7.27. The molecule has 8 nitrogen and oxygen atoms in total. The van der Waals surface area contributed by atoms with Crippen molar-refractivity contribution in [1.82, 2.24) is 20.4 Å². The lowest BCUT2D eigenvalue weighted by Crippen LogP contribution is -2.47. The third-order valence-electron chi connectivity index (χ3n) is 6.92. The molecule has 3 heterocycles. The number of rotatable bonds is 4. The number of benzene rings is 1. The van der Waals surface area contributed by atoms with Gasteiger partial charge in [-0.3, -0.25) is 9.59 Å². The van der Waals surface area contributed by atoms with E-state index < -0.39 is 0 Å². The van der Waals surface area contributed by atoms with Crippen LogP contribution in [0.15, 0.2) is 57.7 Å². The standard InChI is InChI=1S/C26H30N4O4/c31-24-20-16-19(25-28-23(29-34-25)15-18-9-4-3-5-10-18)17-21(20)30(13-7-2-1-6-12-27-24)26(32)22-11-8-14-33-22/h3-5,8-11,14,19-21H,1-2,6-7,12-13,15-17H2,(H,27,31). The number of amides is 2. The van der Waals surface area contributed by atoms with Gasteiger partial charge in [-0.05, 0) is 43.4 Å². The van der Waals surface area contributed by atoms with Gasteiger partial charge in [0, 0.05) is 31.5 Å². The summed E-state index contributed by atoms with van der Waals surface area (Å²) in [7, 11) is 0. The molecule has 2 aliphatic rings. The van der Waals surface area contributed by atoms with Gasteiger partial charge in [0.25, 0.3) is 5.91 Å². The maximum Gasteiger partial charge on any atom is 0.289 e. The van der Waals surface area contributed by atoms with Gasteiger partial charge in [0.2, 0.25) is 11.8 Å². The van der Waals surface area contributed by atoms with Gasteiger partial charge in [0.05, 0.1) is 12.2 Å². The zero-order chi connectivity index (χ0) is 23.3. The lowest BCUT2D eigenvalue weighted by Gasteiger charge is -2.32. The Hall–Kier alpha value is -3.42. The largest absolute Gasteiger partial charge is 0.459 e. The first kappa shape index (κ1) is 22.4. The molecule has 34 heavy (non-hydrogen) atoms. The first-order valence-electron chi connectivity index (χ1n) is 12.2. The molecule has 1 saturated heterocycles. The Balaban J connectivity index is 1.39. The van der Waals surface area contributed by atoms with Crippen LogP contribution in [0.25, 0.3) is 0 Å². The molecule has 1 aliphatic carbocycles. The average Bonchev–Trinajstić information content (AvgIpc) is 3.61. The number of carbonyl (C=O) groups is 2. The number of aromatic nitrogens is 2. The molecule has 2 aromatic heterocycles. The number of furan rings is 1. The molecule has 178 valence electrons. The fourth-order valence-electron chi connectivity index (χ4n) is 5.19. The van der Waals surface area contributed by atoms with Gasteiger partial charge in [-0.25, -0.2) is 0 Å². The molecule has 1 aliphatic heterocycles. The van der Waals surface area contributed by atoms with Crippen LogP contribution in [-0.4, -0.2) is 46.0 Å². The van der Waals surface area contributed by atoms with Crippen LogP contribution < -0.4 is 5.32 Å². The Morgan fingerprint density at radius 2 is 1.91 bits per heavy atom. The van der Waals surface area contributed by atoms with Gasteiger partial charge < -0.3 is 19.2 Å². The number of hydrogen-bond acceptors (Lipinski definition) is 6. The maximum atomic E-state index is 13.4. The highest BCUT2D eigenvalue weighted by Crippen LogP contribution is 2.41. The molecule has 2 amide bonds. The molecule has 1 N–H and O–H groups in total. The minimum absolute atomic E-state index is 0.00401. The van der Waals surface area contributed by atoms with E-state index in [0.29, 0.717) is 49.8 Å². The van der Waals surface area contributed by atoms with E-state index in [1.807, 2.05) is 35.2 Å². The summed E-state index contributed by atoms with van der Waals surface area (Å²) >= 11 is 0. The minimum atomic E-state index is -0.327. The SMILES string of the molecule is O=C1NCCCCCCN(C(=O)c2ccco2)C2CC(c3nc(Cc4ccccc4)no3)CC12. The lowest BCUT2D eigenvalue weighted by molar-refractivity contribution is -0.126. The second-order valence-corrected chi connectivity index (χ2v) is 9.23. The van der Waals surface area contributed by atoms with Crippen LogP contribution >= 0.6 is 0 Å². The summed E-state index contributed by atoms with van der Waals surface area (Å²) in [6, 6.07) is 13.2. The first-order valence-corrected chi connectivity index (χ1v) is 12.2. The fraction of sp³-hybridized carbons (Fsp3) is 0.462. The molecule has 3 atom stereocenters. The predicted molar refractivity (Wildman–Crippen MR) is 124 cm³/mol. The van der Waals surface area contributed by atoms with Crippen molar-refractivity contribution < 1.29 is 18.5 Å². The van der Waals surface area contributed by atoms with Crippen LogP contribution in [0.3, 0.4) is 0 Å². The van der Waals surface area contributed by atoms with E-state index >= 15 is 0 Å². The Morgan fingerprint density at radius 3 is 2.74 bits per heavy atom. The summed E-state index contributed by atoms with van der Waals surface area (Å²) in [6.07, 6.45) is 7.18. The molecule has 2 fully saturated rings. The molecule has 3 aromatic rings. The number of carbonyl (C=O) groups excluding carboxylic acids is 2. The van der Waals surface area contributed by atoms with Crippen molar-refractivity contribution in [3.05, 3.63) is 71.8 Å². The van der Waals surface area contributed by atoms with Crippen LogP contribution in [0, 0.1) is 5.92 Å². The van der Waals surface area contributed by atoms with E-state index in [1.165, 1.54) is 6.26 Å². The highest BCUT2D eigenvalue weighted by molar-refractivity contribution is 5.92. The predicted octanol–water partition coefficient (Wildman–Crippen LogP) is 3.95. The van der Waals surface area contributed by atoms with Gasteiger partial charge in [0.1, 0.15) is 0 Å². The van der Waals surface area contributed by atoms with Gasteiger partial charge in [-0.15, -0.1) is 0 Å². The van der Waals surface area contributed by atoms with Gasteiger partial charge in [0.15, 0.2) is 11.6 Å². The molecule has 0 bridgehead atoms. The van der Waals surface area contributed by atoms with Crippen molar-refractivity contribution >= 4 is 11.8 Å². The maximum absolute atomic E-state index is 13.4. The molecule has 0 spiro atoms. The number of nitrogens with zero attached hydrogens (tertiary/aromatic N) is 3. The van der Waals surface area contributed by atoms with Gasteiger partial charge >= 0.3 is 0 Å². The van der Waals surface area contributed by atoms with Crippen LogP contribution in [0.2, 0.25) is 0 Å². The van der Waals surface area contributed by atoms with Crippen molar-refractivity contribution in [3.8, 4) is 0 Å².